The van der Waals surface area contributed by atoms with Crippen LogP contribution in [0.4, 0.5) is 16.2 Å². The highest BCUT2D eigenvalue weighted by molar-refractivity contribution is 7.92. The minimum absolute atomic E-state index is 0.0227. The van der Waals surface area contributed by atoms with E-state index in [4.69, 9.17) is 9.47 Å². The molecule has 0 radical (unpaired) electrons. The van der Waals surface area contributed by atoms with E-state index >= 15 is 0 Å². The van der Waals surface area contributed by atoms with E-state index in [0.29, 0.717) is 25.3 Å². The zero-order chi connectivity index (χ0) is 21.2. The summed E-state index contributed by atoms with van der Waals surface area (Å²) in [6, 6.07) is 8.60. The second-order valence-electron chi connectivity index (χ2n) is 6.34. The summed E-state index contributed by atoms with van der Waals surface area (Å²) >= 11 is 0. The van der Waals surface area contributed by atoms with Crippen molar-refractivity contribution in [2.75, 3.05) is 43.5 Å². The fourth-order valence-electron chi connectivity index (χ4n) is 3.14. The van der Waals surface area contributed by atoms with Crippen LogP contribution < -0.4 is 19.1 Å². The third kappa shape index (κ3) is 4.02. The first-order chi connectivity index (χ1) is 13.8. The average Bonchev–Trinajstić information content (AvgIpc) is 3.07. The first kappa shape index (κ1) is 20.6. The Balaban J connectivity index is 1.82. The van der Waals surface area contributed by atoms with Crippen molar-refractivity contribution in [3.05, 3.63) is 36.4 Å². The SMILES string of the molecule is CCN1CCN(c2ccc(S(=O)(=O)Nc3cc(O)c(OC)c(OC)c3)cc2)C1=O. The number of hydrogen-bond acceptors (Lipinski definition) is 6. The van der Waals surface area contributed by atoms with Gasteiger partial charge in [0.1, 0.15) is 0 Å². The number of anilines is 2. The van der Waals surface area contributed by atoms with E-state index in [2.05, 4.69) is 4.72 Å². The largest absolute Gasteiger partial charge is 0.504 e. The van der Waals surface area contributed by atoms with Crippen molar-refractivity contribution in [3.63, 3.8) is 0 Å². The maximum absolute atomic E-state index is 12.7. The van der Waals surface area contributed by atoms with E-state index in [1.54, 1.807) is 21.9 Å². The van der Waals surface area contributed by atoms with E-state index in [9.17, 15) is 18.3 Å². The number of hydrogen-bond donors (Lipinski definition) is 2. The summed E-state index contributed by atoms with van der Waals surface area (Å²) in [5.41, 5.74) is 0.756. The van der Waals surface area contributed by atoms with Gasteiger partial charge in [0.05, 0.1) is 24.8 Å². The summed E-state index contributed by atoms with van der Waals surface area (Å²) in [4.78, 5) is 15.6. The summed E-state index contributed by atoms with van der Waals surface area (Å²) in [5.74, 6) is 0.0395. The van der Waals surface area contributed by atoms with Crippen LogP contribution in [0.2, 0.25) is 0 Å². The third-order valence-corrected chi connectivity index (χ3v) is 6.04. The number of phenols is 1. The monoisotopic (exact) mass is 421 g/mol. The van der Waals surface area contributed by atoms with Gasteiger partial charge in [-0.15, -0.1) is 0 Å². The van der Waals surface area contributed by atoms with Gasteiger partial charge in [-0.05, 0) is 31.2 Å². The van der Waals surface area contributed by atoms with Crippen LogP contribution in [-0.4, -0.2) is 58.3 Å². The molecule has 10 heteroatoms. The molecule has 156 valence electrons. The van der Waals surface area contributed by atoms with Crippen LogP contribution in [0, 0.1) is 0 Å². The lowest BCUT2D eigenvalue weighted by Crippen LogP contribution is -2.31. The number of aromatic hydroxyl groups is 1. The Morgan fingerprint density at radius 1 is 1.10 bits per heavy atom. The molecule has 2 aromatic rings. The Morgan fingerprint density at radius 2 is 1.79 bits per heavy atom. The molecule has 3 rings (SSSR count). The maximum atomic E-state index is 12.7. The van der Waals surface area contributed by atoms with Crippen LogP contribution in [0.25, 0.3) is 0 Å². The zero-order valence-corrected chi connectivity index (χ0v) is 17.2. The summed E-state index contributed by atoms with van der Waals surface area (Å²) in [6.07, 6.45) is 0. The number of phenolic OH excluding ortho intramolecular Hbond substituents is 1. The average molecular weight is 421 g/mol. The predicted molar refractivity (Wildman–Crippen MR) is 108 cm³/mol. The van der Waals surface area contributed by atoms with E-state index in [-0.39, 0.29) is 33.9 Å². The number of ether oxygens (including phenoxy) is 2. The molecule has 1 heterocycles. The van der Waals surface area contributed by atoms with Crippen LogP contribution in [0.15, 0.2) is 41.3 Å². The van der Waals surface area contributed by atoms with Crippen molar-refractivity contribution in [2.45, 2.75) is 11.8 Å². The maximum Gasteiger partial charge on any atom is 0.324 e. The van der Waals surface area contributed by atoms with Crippen molar-refractivity contribution < 1.29 is 27.8 Å². The van der Waals surface area contributed by atoms with Gasteiger partial charge in [0.2, 0.25) is 5.75 Å². The smallest absolute Gasteiger partial charge is 0.324 e. The molecule has 0 saturated carbocycles. The fraction of sp³-hybridized carbons (Fsp3) is 0.316. The van der Waals surface area contributed by atoms with Crippen molar-refractivity contribution in [2.24, 2.45) is 0 Å². The van der Waals surface area contributed by atoms with E-state index < -0.39 is 10.0 Å². The minimum atomic E-state index is -3.92. The molecule has 1 aliphatic rings. The van der Waals surface area contributed by atoms with Crippen molar-refractivity contribution in [1.82, 2.24) is 4.90 Å². The first-order valence-corrected chi connectivity index (χ1v) is 10.4. The fourth-order valence-corrected chi connectivity index (χ4v) is 4.18. The number of sulfonamides is 1. The molecule has 1 fully saturated rings. The topological polar surface area (TPSA) is 108 Å². The van der Waals surface area contributed by atoms with E-state index in [1.807, 2.05) is 6.92 Å². The van der Waals surface area contributed by atoms with Crippen molar-refractivity contribution >= 4 is 27.4 Å². The van der Waals surface area contributed by atoms with Gasteiger partial charge in [0, 0.05) is 37.5 Å². The normalized spacial score (nSPS) is 14.2. The highest BCUT2D eigenvalue weighted by Crippen LogP contribution is 2.39. The number of benzene rings is 2. The lowest BCUT2D eigenvalue weighted by atomic mass is 10.2. The molecule has 0 unspecified atom stereocenters. The Hall–Kier alpha value is -3.14. The molecule has 0 spiro atoms. The Kier molecular flexibility index (Phi) is 5.73. The predicted octanol–water partition coefficient (Wildman–Crippen LogP) is 2.47. The minimum Gasteiger partial charge on any atom is -0.504 e. The van der Waals surface area contributed by atoms with Crippen LogP contribution >= 0.6 is 0 Å². The Morgan fingerprint density at radius 3 is 2.34 bits per heavy atom. The first-order valence-electron chi connectivity index (χ1n) is 8.95. The highest BCUT2D eigenvalue weighted by atomic mass is 32.2. The van der Waals surface area contributed by atoms with Crippen LogP contribution in [0.3, 0.4) is 0 Å². The quantitative estimate of drug-likeness (QED) is 0.711. The Labute approximate surface area is 169 Å². The summed E-state index contributed by atoms with van der Waals surface area (Å²) in [6.45, 7) is 3.74. The van der Waals surface area contributed by atoms with Crippen LogP contribution in [0.1, 0.15) is 6.92 Å². The number of nitrogens with one attached hydrogen (secondary N) is 1. The number of carbonyl (C=O) groups is 1. The molecule has 0 bridgehead atoms. The summed E-state index contributed by atoms with van der Waals surface area (Å²) in [7, 11) is -1.16. The molecule has 0 aliphatic carbocycles. The van der Waals surface area contributed by atoms with Gasteiger partial charge in [0.15, 0.2) is 11.5 Å². The van der Waals surface area contributed by atoms with Gasteiger partial charge in [-0.2, -0.15) is 0 Å². The number of carbonyl (C=O) groups excluding carboxylic acids is 1. The number of urea groups is 1. The highest BCUT2D eigenvalue weighted by Gasteiger charge is 2.28. The van der Waals surface area contributed by atoms with Gasteiger partial charge >= 0.3 is 6.03 Å². The number of methoxy groups -OCH3 is 2. The van der Waals surface area contributed by atoms with Crippen LogP contribution in [-0.2, 0) is 10.0 Å². The van der Waals surface area contributed by atoms with E-state index in [0.717, 1.165) is 0 Å². The molecular weight excluding hydrogens is 398 g/mol. The van der Waals surface area contributed by atoms with Gasteiger partial charge < -0.3 is 19.5 Å². The molecule has 9 nitrogen and oxygen atoms in total. The molecule has 2 amide bonds. The number of amides is 2. The zero-order valence-electron chi connectivity index (χ0n) is 16.4. The molecule has 2 N–H and O–H groups in total. The Bertz CT molecular complexity index is 1010. The standard InChI is InChI=1S/C19H23N3O6S/c1-4-21-9-10-22(19(21)24)14-5-7-15(8-6-14)29(25,26)20-13-11-16(23)18(28-3)17(12-13)27-2/h5-8,11-12,20,23H,4,9-10H2,1-3H3. The van der Waals surface area contributed by atoms with E-state index in [1.165, 1.54) is 38.5 Å². The molecule has 1 saturated heterocycles. The molecule has 29 heavy (non-hydrogen) atoms. The molecule has 0 aromatic heterocycles. The van der Waals surface area contributed by atoms with Gasteiger partial charge in [-0.1, -0.05) is 0 Å². The second kappa shape index (κ2) is 8.08. The number of likely N-dealkylation sites (N-methyl/N-ethyl adjacent to an activating group) is 1. The van der Waals surface area contributed by atoms with Crippen molar-refractivity contribution in [3.8, 4) is 17.2 Å². The van der Waals surface area contributed by atoms with Gasteiger partial charge in [-0.3, -0.25) is 9.62 Å². The molecule has 1 aliphatic heterocycles. The summed E-state index contributed by atoms with van der Waals surface area (Å²) in [5, 5.41) is 10.0. The number of nitrogens with zero attached hydrogens (tertiary/aromatic N) is 2. The third-order valence-electron chi connectivity index (χ3n) is 4.65. The second-order valence-corrected chi connectivity index (χ2v) is 8.03. The van der Waals surface area contributed by atoms with Crippen molar-refractivity contribution in [1.29, 1.82) is 0 Å². The van der Waals surface area contributed by atoms with Gasteiger partial charge in [0.25, 0.3) is 10.0 Å². The lowest BCUT2D eigenvalue weighted by molar-refractivity contribution is 0.223. The summed E-state index contributed by atoms with van der Waals surface area (Å²) < 4.78 is 38.0. The molecule has 0 atom stereocenters. The number of rotatable bonds is 7. The molecular formula is C19H23N3O6S. The van der Waals surface area contributed by atoms with Crippen LogP contribution in [0.5, 0.6) is 17.2 Å². The molecule has 2 aromatic carbocycles. The lowest BCUT2D eigenvalue weighted by Gasteiger charge is -2.18. The van der Waals surface area contributed by atoms with Gasteiger partial charge in [-0.25, -0.2) is 13.2 Å².